The number of rotatable bonds is 5. The van der Waals surface area contributed by atoms with E-state index >= 15 is 0 Å². The smallest absolute Gasteiger partial charge is 0.228 e. The molecule has 2 rings (SSSR count). The highest BCUT2D eigenvalue weighted by Gasteiger charge is 2.22. The second kappa shape index (κ2) is 7.73. The maximum atomic E-state index is 11.4. The Morgan fingerprint density at radius 3 is 2.91 bits per heavy atom. The first kappa shape index (κ1) is 17.7. The summed E-state index contributed by atoms with van der Waals surface area (Å²) < 4.78 is 6.75. The highest BCUT2D eigenvalue weighted by Crippen LogP contribution is 2.32. The van der Waals surface area contributed by atoms with Crippen LogP contribution in [-0.2, 0) is 4.79 Å². The molecule has 0 radical (unpaired) electrons. The Hall–Kier alpha value is -1.69. The Morgan fingerprint density at radius 1 is 1.52 bits per heavy atom. The molecular formula is C17H22BrN3O2. The molecule has 1 aliphatic rings. The summed E-state index contributed by atoms with van der Waals surface area (Å²) in [6.45, 7) is 6.78. The standard InChI is InChI=1S/C17H22BrN3O2/c1-5-21(4)10-19-15-9-14(18)17(20-12(15)3)23-16-7-6-13(22)8-11(16)2/h8-10,16H,5-7H2,1-4H3/b19-10+. The molecule has 1 unspecified atom stereocenters. The van der Waals surface area contributed by atoms with Gasteiger partial charge in [0.1, 0.15) is 6.10 Å². The van der Waals surface area contributed by atoms with Crippen LogP contribution in [0.2, 0.25) is 0 Å². The van der Waals surface area contributed by atoms with Crippen molar-refractivity contribution in [3.05, 3.63) is 27.9 Å². The molecule has 0 N–H and O–H groups in total. The zero-order valence-corrected chi connectivity index (χ0v) is 15.6. The molecular weight excluding hydrogens is 358 g/mol. The maximum absolute atomic E-state index is 11.4. The van der Waals surface area contributed by atoms with E-state index in [4.69, 9.17) is 4.74 Å². The predicted octanol–water partition coefficient (Wildman–Crippen LogP) is 3.82. The highest BCUT2D eigenvalue weighted by atomic mass is 79.9. The van der Waals surface area contributed by atoms with Gasteiger partial charge in [-0.2, -0.15) is 0 Å². The van der Waals surface area contributed by atoms with Crippen molar-refractivity contribution in [2.24, 2.45) is 4.99 Å². The average Bonchev–Trinajstić information content (AvgIpc) is 2.51. The number of allylic oxidation sites excluding steroid dienone is 1. The first-order valence-corrected chi connectivity index (χ1v) is 8.49. The number of aliphatic imine (C=N–C) groups is 1. The number of hydrogen-bond acceptors (Lipinski definition) is 4. The van der Waals surface area contributed by atoms with E-state index in [2.05, 4.69) is 32.8 Å². The number of halogens is 1. The molecule has 1 aromatic rings. The lowest BCUT2D eigenvalue weighted by molar-refractivity contribution is -0.115. The van der Waals surface area contributed by atoms with E-state index < -0.39 is 0 Å². The second-order valence-corrected chi connectivity index (χ2v) is 6.55. The summed E-state index contributed by atoms with van der Waals surface area (Å²) in [5, 5.41) is 0. The van der Waals surface area contributed by atoms with Gasteiger partial charge in [0.25, 0.3) is 0 Å². The molecule has 1 heterocycles. The molecule has 0 saturated heterocycles. The van der Waals surface area contributed by atoms with E-state index in [1.54, 1.807) is 12.4 Å². The van der Waals surface area contributed by atoms with Crippen LogP contribution in [0.4, 0.5) is 5.69 Å². The van der Waals surface area contributed by atoms with Crippen molar-refractivity contribution < 1.29 is 9.53 Å². The van der Waals surface area contributed by atoms with Gasteiger partial charge in [-0.05, 0) is 60.8 Å². The monoisotopic (exact) mass is 379 g/mol. The minimum atomic E-state index is -0.100. The first-order chi connectivity index (χ1) is 10.9. The average molecular weight is 380 g/mol. The van der Waals surface area contributed by atoms with Crippen LogP contribution in [0.1, 0.15) is 32.4 Å². The lowest BCUT2D eigenvalue weighted by Crippen LogP contribution is -2.24. The van der Waals surface area contributed by atoms with Gasteiger partial charge in [-0.3, -0.25) is 4.79 Å². The summed E-state index contributed by atoms with van der Waals surface area (Å²) >= 11 is 3.50. The second-order valence-electron chi connectivity index (χ2n) is 5.70. The SMILES string of the molecule is CCN(C)/C=N/c1cc(Br)c(OC2CCC(=O)C=C2C)nc1C. The number of pyridine rings is 1. The maximum Gasteiger partial charge on any atom is 0.228 e. The Labute approximate surface area is 145 Å². The van der Waals surface area contributed by atoms with E-state index in [-0.39, 0.29) is 11.9 Å². The van der Waals surface area contributed by atoms with Crippen molar-refractivity contribution in [3.63, 3.8) is 0 Å². The normalized spacial score (nSPS) is 18.2. The van der Waals surface area contributed by atoms with Crippen LogP contribution >= 0.6 is 15.9 Å². The summed E-state index contributed by atoms with van der Waals surface area (Å²) in [6, 6.07) is 1.91. The van der Waals surface area contributed by atoms with Crippen LogP contribution < -0.4 is 4.74 Å². The third-order valence-electron chi connectivity index (χ3n) is 3.80. The van der Waals surface area contributed by atoms with Gasteiger partial charge in [-0.15, -0.1) is 0 Å². The fourth-order valence-electron chi connectivity index (χ4n) is 2.21. The highest BCUT2D eigenvalue weighted by molar-refractivity contribution is 9.10. The van der Waals surface area contributed by atoms with Crippen LogP contribution in [0.5, 0.6) is 5.88 Å². The molecule has 0 amide bonds. The fourth-order valence-corrected chi connectivity index (χ4v) is 2.61. The molecule has 6 heteroatoms. The number of hydrogen-bond donors (Lipinski definition) is 0. The van der Waals surface area contributed by atoms with Crippen molar-refractivity contribution >= 4 is 33.7 Å². The molecule has 0 saturated carbocycles. The zero-order chi connectivity index (χ0) is 17.0. The minimum absolute atomic E-state index is 0.100. The van der Waals surface area contributed by atoms with Crippen molar-refractivity contribution in [1.82, 2.24) is 9.88 Å². The van der Waals surface area contributed by atoms with Gasteiger partial charge in [-0.25, -0.2) is 9.98 Å². The summed E-state index contributed by atoms with van der Waals surface area (Å²) in [4.78, 5) is 22.4. The van der Waals surface area contributed by atoms with Crippen molar-refractivity contribution in [2.75, 3.05) is 13.6 Å². The Bertz CT molecular complexity index is 655. The summed E-state index contributed by atoms with van der Waals surface area (Å²) in [7, 11) is 1.97. The fraction of sp³-hybridized carbons (Fsp3) is 0.471. The van der Waals surface area contributed by atoms with Crippen LogP contribution in [-0.4, -0.2) is 41.7 Å². The molecule has 124 valence electrons. The predicted molar refractivity (Wildman–Crippen MR) is 95.5 cm³/mol. The van der Waals surface area contributed by atoms with Crippen molar-refractivity contribution in [1.29, 1.82) is 0 Å². The topological polar surface area (TPSA) is 54.8 Å². The summed E-state index contributed by atoms with van der Waals surface area (Å²) in [5.41, 5.74) is 2.55. The molecule has 1 atom stereocenters. The number of carbonyl (C=O) groups excluding carboxylic acids is 1. The Kier molecular flexibility index (Phi) is 5.93. The zero-order valence-electron chi connectivity index (χ0n) is 14.0. The molecule has 5 nitrogen and oxygen atoms in total. The van der Waals surface area contributed by atoms with Gasteiger partial charge in [-0.1, -0.05) is 0 Å². The minimum Gasteiger partial charge on any atom is -0.469 e. The molecule has 0 aromatic carbocycles. The summed E-state index contributed by atoms with van der Waals surface area (Å²) in [6.07, 6.45) is 4.56. The molecule has 0 aliphatic heterocycles. The molecule has 1 aromatic heterocycles. The molecule has 0 fully saturated rings. The number of ether oxygens (including phenoxy) is 1. The quantitative estimate of drug-likeness (QED) is 0.576. The number of nitrogens with zero attached hydrogens (tertiary/aromatic N) is 3. The molecule has 0 spiro atoms. The van der Waals surface area contributed by atoms with Gasteiger partial charge in [0.15, 0.2) is 5.78 Å². The van der Waals surface area contributed by atoms with Crippen LogP contribution in [0.25, 0.3) is 0 Å². The lowest BCUT2D eigenvalue weighted by atomic mass is 9.97. The van der Waals surface area contributed by atoms with Crippen LogP contribution in [0, 0.1) is 6.92 Å². The van der Waals surface area contributed by atoms with Gasteiger partial charge >= 0.3 is 0 Å². The van der Waals surface area contributed by atoms with E-state index in [1.165, 1.54) is 0 Å². The third kappa shape index (κ3) is 4.64. The first-order valence-electron chi connectivity index (χ1n) is 7.70. The van der Waals surface area contributed by atoms with Gasteiger partial charge in [0.2, 0.25) is 5.88 Å². The number of aryl methyl sites for hydroxylation is 1. The summed E-state index contributed by atoms with van der Waals surface area (Å²) in [5.74, 6) is 0.702. The largest absolute Gasteiger partial charge is 0.469 e. The molecule has 1 aliphatic carbocycles. The van der Waals surface area contributed by atoms with Gasteiger partial charge in [0, 0.05) is 20.0 Å². The van der Waals surface area contributed by atoms with E-state index in [1.807, 2.05) is 31.9 Å². The number of carbonyl (C=O) groups is 1. The van der Waals surface area contributed by atoms with E-state index in [9.17, 15) is 4.79 Å². The molecule has 0 bridgehead atoms. The third-order valence-corrected chi connectivity index (χ3v) is 4.37. The van der Waals surface area contributed by atoms with Gasteiger partial charge in [0.05, 0.1) is 22.2 Å². The number of aromatic nitrogens is 1. The van der Waals surface area contributed by atoms with Gasteiger partial charge < -0.3 is 9.64 Å². The van der Waals surface area contributed by atoms with Crippen LogP contribution in [0.15, 0.2) is 27.2 Å². The van der Waals surface area contributed by atoms with E-state index in [0.29, 0.717) is 18.7 Å². The van der Waals surface area contributed by atoms with E-state index in [0.717, 1.165) is 28.0 Å². The number of ketones is 1. The Morgan fingerprint density at radius 2 is 2.26 bits per heavy atom. The Balaban J connectivity index is 2.18. The lowest BCUT2D eigenvalue weighted by Gasteiger charge is -2.23. The van der Waals surface area contributed by atoms with Crippen molar-refractivity contribution in [3.8, 4) is 5.88 Å². The molecule has 23 heavy (non-hydrogen) atoms. The van der Waals surface area contributed by atoms with Crippen molar-refractivity contribution in [2.45, 2.75) is 39.7 Å². The van der Waals surface area contributed by atoms with Crippen LogP contribution in [0.3, 0.4) is 0 Å².